The number of rotatable bonds is 6. The van der Waals surface area contributed by atoms with E-state index < -0.39 is 29.5 Å². The molecular formula is C29H20ClF3N2O2S2. The molecule has 4 aromatic rings. The number of nitriles is 1. The molecular weight excluding hydrogens is 565 g/mol. The van der Waals surface area contributed by atoms with Crippen LogP contribution in [0.25, 0.3) is 10.8 Å². The Kier molecular flexibility index (Phi) is 7.49. The van der Waals surface area contributed by atoms with Crippen molar-refractivity contribution in [1.29, 1.82) is 5.26 Å². The largest absolute Gasteiger partial charge is 0.437 e. The summed E-state index contributed by atoms with van der Waals surface area (Å²) in [6.07, 6.45) is -5.27. The molecule has 1 aliphatic rings. The van der Waals surface area contributed by atoms with Gasteiger partial charge in [-0.05, 0) is 39.4 Å². The third-order valence-electron chi connectivity index (χ3n) is 6.73. The fraction of sp³-hybridized carbons (Fsp3) is 0.172. The molecule has 0 amide bonds. The summed E-state index contributed by atoms with van der Waals surface area (Å²) >= 11 is 8.37. The Hall–Kier alpha value is -3.29. The quantitative estimate of drug-likeness (QED) is 0.228. The number of allylic oxidation sites excluding steroid dienone is 1. The normalized spacial score (nSPS) is 21.4. The number of nitrogens with one attached hydrogen (secondary N) is 1. The van der Waals surface area contributed by atoms with Crippen LogP contribution in [0.2, 0.25) is 5.02 Å². The molecule has 2 heterocycles. The van der Waals surface area contributed by atoms with Crippen LogP contribution in [0, 0.1) is 17.2 Å². The van der Waals surface area contributed by atoms with Gasteiger partial charge in [0.2, 0.25) is 5.72 Å². The number of thioether (sulfide) groups is 1. The number of thiophene rings is 1. The first-order chi connectivity index (χ1) is 18.7. The first kappa shape index (κ1) is 27.3. The molecule has 3 unspecified atom stereocenters. The predicted molar refractivity (Wildman–Crippen MR) is 148 cm³/mol. The molecule has 1 aromatic heterocycles. The summed E-state index contributed by atoms with van der Waals surface area (Å²) in [5, 5.41) is 27.2. The van der Waals surface area contributed by atoms with E-state index in [1.54, 1.807) is 17.5 Å². The van der Waals surface area contributed by atoms with Gasteiger partial charge in [-0.1, -0.05) is 78.3 Å². The molecule has 2 N–H and O–H groups in total. The van der Waals surface area contributed by atoms with Crippen molar-refractivity contribution in [2.24, 2.45) is 5.92 Å². The van der Waals surface area contributed by atoms with E-state index in [9.17, 15) is 28.3 Å². The van der Waals surface area contributed by atoms with Crippen molar-refractivity contribution in [3.05, 3.63) is 116 Å². The number of ketones is 1. The van der Waals surface area contributed by atoms with Crippen LogP contribution >= 0.6 is 34.7 Å². The number of carbonyl (C=O) groups excluding carboxylic acids is 1. The number of hydrogen-bond donors (Lipinski definition) is 2. The number of Topliss-reactive ketones (excluding diaryl/α,β-unsaturated/α-hetero) is 1. The highest BCUT2D eigenvalue weighted by atomic mass is 35.5. The zero-order chi connectivity index (χ0) is 27.8. The zero-order valence-corrected chi connectivity index (χ0v) is 22.5. The van der Waals surface area contributed by atoms with Crippen molar-refractivity contribution in [2.75, 3.05) is 0 Å². The summed E-state index contributed by atoms with van der Waals surface area (Å²) in [6.45, 7) is 0. The van der Waals surface area contributed by atoms with Gasteiger partial charge < -0.3 is 10.4 Å². The number of fused-ring (bicyclic) bond motifs is 1. The molecule has 39 heavy (non-hydrogen) atoms. The summed E-state index contributed by atoms with van der Waals surface area (Å²) in [6, 6.07) is 24.3. The lowest BCUT2D eigenvalue weighted by Crippen LogP contribution is -2.66. The second kappa shape index (κ2) is 10.7. The molecule has 5 rings (SSSR count). The molecule has 0 radical (unpaired) electrons. The first-order valence-electron chi connectivity index (χ1n) is 11.8. The smallest absolute Gasteiger partial charge is 0.363 e. The lowest BCUT2D eigenvalue weighted by atomic mass is 9.70. The Morgan fingerprint density at radius 3 is 2.49 bits per heavy atom. The minimum Gasteiger partial charge on any atom is -0.363 e. The van der Waals surface area contributed by atoms with Gasteiger partial charge in [-0.3, -0.25) is 4.79 Å². The number of carbonyl (C=O) groups is 1. The van der Waals surface area contributed by atoms with Crippen molar-refractivity contribution >= 4 is 51.3 Å². The van der Waals surface area contributed by atoms with E-state index in [0.717, 1.165) is 39.4 Å². The van der Waals surface area contributed by atoms with Crippen LogP contribution in [-0.4, -0.2) is 22.8 Å². The third kappa shape index (κ3) is 4.94. The maximum Gasteiger partial charge on any atom is 0.437 e. The van der Waals surface area contributed by atoms with Gasteiger partial charge in [-0.15, -0.1) is 23.1 Å². The Morgan fingerprint density at radius 2 is 1.79 bits per heavy atom. The fourth-order valence-corrected chi connectivity index (χ4v) is 6.96. The first-order valence-corrected chi connectivity index (χ1v) is 14.0. The minimum absolute atomic E-state index is 0.0330. The molecule has 198 valence electrons. The number of aliphatic hydroxyl groups is 1. The topological polar surface area (TPSA) is 73.1 Å². The van der Waals surface area contributed by atoms with Crippen molar-refractivity contribution in [3.63, 3.8) is 0 Å². The van der Waals surface area contributed by atoms with Crippen LogP contribution in [0.1, 0.15) is 26.7 Å². The Bertz CT molecular complexity index is 1610. The molecule has 3 atom stereocenters. The average Bonchev–Trinajstić information content (AvgIpc) is 3.46. The lowest BCUT2D eigenvalue weighted by Gasteiger charge is -2.45. The van der Waals surface area contributed by atoms with E-state index in [-0.39, 0.29) is 31.8 Å². The van der Waals surface area contributed by atoms with Crippen LogP contribution in [-0.2, 0) is 5.75 Å². The number of halogens is 4. The van der Waals surface area contributed by atoms with Gasteiger partial charge in [0.25, 0.3) is 0 Å². The van der Waals surface area contributed by atoms with E-state index in [1.807, 2.05) is 48.5 Å². The zero-order valence-electron chi connectivity index (χ0n) is 20.1. The molecule has 0 spiro atoms. The molecule has 0 saturated carbocycles. The van der Waals surface area contributed by atoms with E-state index in [0.29, 0.717) is 0 Å². The van der Waals surface area contributed by atoms with Gasteiger partial charge >= 0.3 is 6.18 Å². The fourth-order valence-electron chi connectivity index (χ4n) is 4.89. The molecule has 10 heteroatoms. The van der Waals surface area contributed by atoms with E-state index in [1.165, 1.54) is 24.3 Å². The lowest BCUT2D eigenvalue weighted by molar-refractivity contribution is -0.285. The highest BCUT2D eigenvalue weighted by Crippen LogP contribution is 2.52. The Balaban J connectivity index is 1.68. The van der Waals surface area contributed by atoms with E-state index in [2.05, 4.69) is 5.32 Å². The van der Waals surface area contributed by atoms with Crippen molar-refractivity contribution in [2.45, 2.75) is 23.6 Å². The molecule has 3 aromatic carbocycles. The highest BCUT2D eigenvalue weighted by Gasteiger charge is 2.66. The number of nitrogens with zero attached hydrogens (tertiary/aromatic N) is 1. The Labute approximate surface area is 235 Å². The number of benzene rings is 3. The SMILES string of the molecule is N#CC1=C(SCc2cccc3ccccc23)NC(O)(C(F)(F)F)C(C(=O)c2cccs2)C1c1ccccc1Cl. The van der Waals surface area contributed by atoms with Gasteiger partial charge in [0, 0.05) is 16.7 Å². The van der Waals surface area contributed by atoms with Gasteiger partial charge in [0.15, 0.2) is 5.78 Å². The third-order valence-corrected chi connectivity index (χ3v) is 9.03. The van der Waals surface area contributed by atoms with Crippen molar-refractivity contribution in [1.82, 2.24) is 5.32 Å². The molecule has 0 saturated heterocycles. The van der Waals surface area contributed by atoms with Gasteiger partial charge in [0.05, 0.1) is 27.5 Å². The standard InChI is InChI=1S/C29H20ClF3N2O2S2/c30-22-12-4-3-11-20(22)24-21(15-34)27(39-16-18-9-5-8-17-7-1-2-10-19(17)18)35-28(37,29(31,32)33)25(24)26(36)23-13-6-14-38-23/h1-14,24-25,35,37H,16H2. The van der Waals surface area contributed by atoms with Crippen LogP contribution in [0.5, 0.6) is 0 Å². The molecule has 4 nitrogen and oxygen atoms in total. The maximum absolute atomic E-state index is 14.7. The average molecular weight is 585 g/mol. The van der Waals surface area contributed by atoms with Crippen molar-refractivity contribution < 1.29 is 23.1 Å². The van der Waals surface area contributed by atoms with Crippen molar-refractivity contribution in [3.8, 4) is 6.07 Å². The second-order valence-electron chi connectivity index (χ2n) is 8.99. The summed E-state index contributed by atoms with van der Waals surface area (Å²) in [5.74, 6) is -4.29. The minimum atomic E-state index is -5.27. The summed E-state index contributed by atoms with van der Waals surface area (Å²) in [4.78, 5) is 13.7. The van der Waals surface area contributed by atoms with Crippen LogP contribution in [0.3, 0.4) is 0 Å². The second-order valence-corrected chi connectivity index (χ2v) is 11.3. The van der Waals surface area contributed by atoms with E-state index >= 15 is 0 Å². The van der Waals surface area contributed by atoms with Gasteiger partial charge in [-0.2, -0.15) is 18.4 Å². The predicted octanol–water partition coefficient (Wildman–Crippen LogP) is 7.66. The van der Waals surface area contributed by atoms with Gasteiger partial charge in [0.1, 0.15) is 0 Å². The van der Waals surface area contributed by atoms with E-state index in [4.69, 9.17) is 11.6 Å². The molecule has 0 aliphatic carbocycles. The van der Waals surface area contributed by atoms with Crippen LogP contribution in [0.4, 0.5) is 13.2 Å². The number of alkyl halides is 3. The van der Waals surface area contributed by atoms with Crippen LogP contribution < -0.4 is 5.32 Å². The number of hydrogen-bond acceptors (Lipinski definition) is 6. The van der Waals surface area contributed by atoms with Crippen LogP contribution in [0.15, 0.2) is 94.8 Å². The highest BCUT2D eigenvalue weighted by molar-refractivity contribution is 8.02. The molecule has 1 aliphatic heterocycles. The molecule has 0 fully saturated rings. The molecule has 0 bridgehead atoms. The monoisotopic (exact) mass is 584 g/mol. The summed E-state index contributed by atoms with van der Waals surface area (Å²) in [5.41, 5.74) is -2.78. The Morgan fingerprint density at radius 1 is 1.08 bits per heavy atom. The van der Waals surface area contributed by atoms with Gasteiger partial charge in [-0.25, -0.2) is 0 Å². The summed E-state index contributed by atoms with van der Waals surface area (Å²) < 4.78 is 44.2. The summed E-state index contributed by atoms with van der Waals surface area (Å²) in [7, 11) is 0. The maximum atomic E-state index is 14.7.